The molecule has 0 bridgehead atoms. The van der Waals surface area contributed by atoms with Gasteiger partial charge >= 0.3 is 0 Å². The molecule has 2 atom stereocenters. The van der Waals surface area contributed by atoms with Gasteiger partial charge in [-0.1, -0.05) is 12.1 Å². The van der Waals surface area contributed by atoms with Gasteiger partial charge in [-0.15, -0.1) is 0 Å². The number of amides is 1. The molecule has 6 nitrogen and oxygen atoms in total. The van der Waals surface area contributed by atoms with Gasteiger partial charge in [0, 0.05) is 30.8 Å². The molecule has 0 fully saturated rings. The largest absolute Gasteiger partial charge is 0.382 e. The van der Waals surface area contributed by atoms with Crippen LogP contribution in [0.2, 0.25) is 0 Å². The van der Waals surface area contributed by atoms with Crippen molar-refractivity contribution in [2.45, 2.75) is 59.2 Å². The van der Waals surface area contributed by atoms with Gasteiger partial charge in [0.2, 0.25) is 6.10 Å². The van der Waals surface area contributed by atoms with Gasteiger partial charge < -0.3 is 10.2 Å². The highest BCUT2D eigenvalue weighted by molar-refractivity contribution is 6.04. The summed E-state index contributed by atoms with van der Waals surface area (Å²) in [5.41, 5.74) is 2.68. The molecule has 0 radical (unpaired) electrons. The highest BCUT2D eigenvalue weighted by Crippen LogP contribution is 2.19. The molecular weight excluding hydrogens is 256 g/mol. The van der Waals surface area contributed by atoms with Gasteiger partial charge in [0.1, 0.15) is 0 Å². The highest BCUT2D eigenvalue weighted by atomic mass is 16.6. The lowest BCUT2D eigenvalue weighted by Crippen LogP contribution is -2.39. The first-order valence-corrected chi connectivity index (χ1v) is 7.12. The molecule has 1 amide bonds. The summed E-state index contributed by atoms with van der Waals surface area (Å²) < 4.78 is 1.86. The minimum absolute atomic E-state index is 0.0985. The Morgan fingerprint density at radius 2 is 2.35 bits per heavy atom. The summed E-state index contributed by atoms with van der Waals surface area (Å²) in [4.78, 5) is 17.3. The molecular formula is C14H22N4O2. The number of hydrogen-bond acceptors (Lipinski definition) is 4. The summed E-state index contributed by atoms with van der Waals surface area (Å²) >= 11 is 0. The van der Waals surface area contributed by atoms with Gasteiger partial charge in [0.15, 0.2) is 0 Å². The van der Waals surface area contributed by atoms with Gasteiger partial charge in [-0.25, -0.2) is 0 Å². The molecule has 0 saturated carbocycles. The van der Waals surface area contributed by atoms with E-state index < -0.39 is 6.10 Å². The predicted molar refractivity (Wildman–Crippen MR) is 76.6 cm³/mol. The van der Waals surface area contributed by atoms with Crippen molar-refractivity contribution in [1.29, 1.82) is 0 Å². The quantitative estimate of drug-likeness (QED) is 0.890. The lowest BCUT2D eigenvalue weighted by Gasteiger charge is -2.14. The number of carbonyl (C=O) groups is 1. The van der Waals surface area contributed by atoms with Crippen LogP contribution in [-0.4, -0.2) is 33.5 Å². The second-order valence-corrected chi connectivity index (χ2v) is 5.14. The molecule has 1 aromatic heterocycles. The van der Waals surface area contributed by atoms with Crippen molar-refractivity contribution in [2.24, 2.45) is 5.16 Å². The lowest BCUT2D eigenvalue weighted by molar-refractivity contribution is -0.131. The molecule has 0 aliphatic carbocycles. The van der Waals surface area contributed by atoms with Crippen LogP contribution in [0.4, 0.5) is 0 Å². The molecule has 1 N–H and O–H groups in total. The fourth-order valence-electron chi connectivity index (χ4n) is 2.08. The van der Waals surface area contributed by atoms with Gasteiger partial charge in [0.25, 0.3) is 5.91 Å². The number of carbonyl (C=O) groups excluding carboxylic acids is 1. The number of oxime groups is 1. The first-order valence-electron chi connectivity index (χ1n) is 7.12. The zero-order valence-electron chi connectivity index (χ0n) is 12.5. The van der Waals surface area contributed by atoms with Crippen molar-refractivity contribution in [3.63, 3.8) is 0 Å². The third-order valence-electron chi connectivity index (χ3n) is 3.54. The minimum atomic E-state index is -0.525. The number of nitrogens with one attached hydrogen (secondary N) is 1. The SMILES string of the molecule is CCC(C)NC(=O)C1CC(c2cn(CC)nc2C)=NO1. The van der Waals surface area contributed by atoms with Gasteiger partial charge in [-0.2, -0.15) is 5.10 Å². The topological polar surface area (TPSA) is 68.5 Å². The normalized spacial score (nSPS) is 19.4. The molecule has 6 heteroatoms. The maximum atomic E-state index is 12.0. The third-order valence-corrected chi connectivity index (χ3v) is 3.54. The van der Waals surface area contributed by atoms with Crippen molar-refractivity contribution in [3.05, 3.63) is 17.5 Å². The number of rotatable bonds is 5. The molecule has 0 spiro atoms. The van der Waals surface area contributed by atoms with Gasteiger partial charge in [0.05, 0.1) is 11.4 Å². The number of aromatic nitrogens is 2. The molecule has 1 aromatic rings. The Bertz CT molecular complexity index is 521. The first kappa shape index (κ1) is 14.6. The summed E-state index contributed by atoms with van der Waals surface area (Å²) in [6, 6.07) is 0.153. The Labute approximate surface area is 119 Å². The van der Waals surface area contributed by atoms with E-state index in [0.717, 1.165) is 29.9 Å². The Hall–Kier alpha value is -1.85. The van der Waals surface area contributed by atoms with Crippen molar-refractivity contribution in [1.82, 2.24) is 15.1 Å². The van der Waals surface area contributed by atoms with Crippen molar-refractivity contribution in [3.8, 4) is 0 Å². The van der Waals surface area contributed by atoms with Gasteiger partial charge in [-0.05, 0) is 27.2 Å². The van der Waals surface area contributed by atoms with Gasteiger partial charge in [-0.3, -0.25) is 9.48 Å². The van der Waals surface area contributed by atoms with E-state index in [0.29, 0.717) is 6.42 Å². The predicted octanol–water partition coefficient (Wildman–Crippen LogP) is 1.62. The second kappa shape index (κ2) is 6.07. The Morgan fingerprint density at radius 3 is 2.95 bits per heavy atom. The summed E-state index contributed by atoms with van der Waals surface area (Å²) in [6.45, 7) is 8.80. The Kier molecular flexibility index (Phi) is 4.42. The first-order chi connectivity index (χ1) is 9.55. The van der Waals surface area contributed by atoms with E-state index in [-0.39, 0.29) is 11.9 Å². The maximum Gasteiger partial charge on any atom is 0.264 e. The van der Waals surface area contributed by atoms with Crippen LogP contribution in [-0.2, 0) is 16.2 Å². The zero-order valence-corrected chi connectivity index (χ0v) is 12.5. The molecule has 1 aliphatic rings. The lowest BCUT2D eigenvalue weighted by atomic mass is 10.1. The van der Waals surface area contributed by atoms with E-state index >= 15 is 0 Å². The number of nitrogens with zero attached hydrogens (tertiary/aromatic N) is 3. The Morgan fingerprint density at radius 1 is 1.60 bits per heavy atom. The molecule has 20 heavy (non-hydrogen) atoms. The highest BCUT2D eigenvalue weighted by Gasteiger charge is 2.30. The maximum absolute atomic E-state index is 12.0. The zero-order chi connectivity index (χ0) is 14.7. The third kappa shape index (κ3) is 3.00. The smallest absolute Gasteiger partial charge is 0.264 e. The fraction of sp³-hybridized carbons (Fsp3) is 0.643. The van der Waals surface area contributed by atoms with Crippen molar-refractivity contribution in [2.75, 3.05) is 0 Å². The fourth-order valence-corrected chi connectivity index (χ4v) is 2.08. The summed E-state index contributed by atoms with van der Waals surface area (Å²) in [6.07, 6.45) is 2.82. The van der Waals surface area contributed by atoms with Crippen LogP contribution in [0.15, 0.2) is 11.4 Å². The van der Waals surface area contributed by atoms with Crippen LogP contribution in [0, 0.1) is 6.92 Å². The van der Waals surface area contributed by atoms with Crippen LogP contribution in [0.5, 0.6) is 0 Å². The van der Waals surface area contributed by atoms with E-state index in [1.165, 1.54) is 0 Å². The molecule has 2 rings (SSSR count). The van der Waals surface area contributed by atoms with E-state index in [1.807, 2.05) is 38.6 Å². The number of hydrogen-bond donors (Lipinski definition) is 1. The molecule has 0 aromatic carbocycles. The van der Waals surface area contributed by atoms with E-state index in [9.17, 15) is 4.79 Å². The van der Waals surface area contributed by atoms with Crippen LogP contribution in [0.25, 0.3) is 0 Å². The molecule has 2 heterocycles. The van der Waals surface area contributed by atoms with Crippen LogP contribution >= 0.6 is 0 Å². The minimum Gasteiger partial charge on any atom is -0.382 e. The standard InChI is InChI=1S/C14H22N4O2/c1-5-9(3)15-14(19)13-7-12(17-20-13)11-8-18(6-2)16-10(11)4/h8-9,13H,5-7H2,1-4H3,(H,15,19). The average Bonchev–Trinajstić information content (AvgIpc) is 3.04. The second-order valence-electron chi connectivity index (χ2n) is 5.14. The van der Waals surface area contributed by atoms with Crippen LogP contribution < -0.4 is 5.32 Å². The van der Waals surface area contributed by atoms with E-state index in [2.05, 4.69) is 15.6 Å². The summed E-state index contributed by atoms with van der Waals surface area (Å²) in [5, 5.41) is 11.4. The van der Waals surface area contributed by atoms with Crippen molar-refractivity contribution < 1.29 is 9.63 Å². The Balaban J connectivity index is 2.01. The van der Waals surface area contributed by atoms with Crippen LogP contribution in [0.3, 0.4) is 0 Å². The molecule has 2 unspecified atom stereocenters. The summed E-state index contributed by atoms with van der Waals surface area (Å²) in [7, 11) is 0. The average molecular weight is 278 g/mol. The van der Waals surface area contributed by atoms with Crippen LogP contribution in [0.1, 0.15) is 44.9 Å². The van der Waals surface area contributed by atoms with E-state index in [1.54, 1.807) is 0 Å². The number of aryl methyl sites for hydroxylation is 2. The van der Waals surface area contributed by atoms with E-state index in [4.69, 9.17) is 4.84 Å². The summed E-state index contributed by atoms with van der Waals surface area (Å²) in [5.74, 6) is -0.0985. The molecule has 1 aliphatic heterocycles. The molecule has 110 valence electrons. The molecule has 0 saturated heterocycles. The van der Waals surface area contributed by atoms with Crippen molar-refractivity contribution >= 4 is 11.6 Å². The monoisotopic (exact) mass is 278 g/mol.